The first-order valence-electron chi connectivity index (χ1n) is 7.29. The van der Waals surface area contributed by atoms with E-state index in [1.165, 1.54) is 12.3 Å². The van der Waals surface area contributed by atoms with E-state index in [-0.39, 0.29) is 29.2 Å². The molecule has 0 atom stereocenters. The summed E-state index contributed by atoms with van der Waals surface area (Å²) in [6.45, 7) is 5.38. The topological polar surface area (TPSA) is 86.5 Å². The van der Waals surface area contributed by atoms with Crippen LogP contribution in [0.2, 0.25) is 0 Å². The van der Waals surface area contributed by atoms with Crippen LogP contribution >= 0.6 is 0 Å². The Kier molecular flexibility index (Phi) is 5.05. The minimum atomic E-state index is -0.522. The van der Waals surface area contributed by atoms with Gasteiger partial charge >= 0.3 is 5.97 Å². The van der Waals surface area contributed by atoms with Gasteiger partial charge in [0.25, 0.3) is 0 Å². The summed E-state index contributed by atoms with van der Waals surface area (Å²) in [7, 11) is 0. The highest BCUT2D eigenvalue weighted by Crippen LogP contribution is 2.26. The van der Waals surface area contributed by atoms with E-state index in [1.807, 2.05) is 6.92 Å². The first-order valence-corrected chi connectivity index (χ1v) is 7.29. The van der Waals surface area contributed by atoms with Gasteiger partial charge < -0.3 is 9.15 Å². The predicted molar refractivity (Wildman–Crippen MR) is 81.8 cm³/mol. The lowest BCUT2D eigenvalue weighted by atomic mass is 10.0. The first kappa shape index (κ1) is 16.6. The molecule has 2 rings (SSSR count). The van der Waals surface area contributed by atoms with Gasteiger partial charge in [0, 0.05) is 18.2 Å². The summed E-state index contributed by atoms with van der Waals surface area (Å²) >= 11 is 0. The normalized spacial score (nSPS) is 10.4. The minimum Gasteiger partial charge on any atom is -0.462 e. The predicted octanol–water partition coefficient (Wildman–Crippen LogP) is 2.77. The Balaban J connectivity index is 2.54. The molecule has 6 nitrogen and oxygen atoms in total. The number of pyridine rings is 1. The molecule has 2 aromatic rings. The van der Waals surface area contributed by atoms with Crippen LogP contribution in [0.3, 0.4) is 0 Å². The van der Waals surface area contributed by atoms with Crippen LogP contribution in [0.5, 0.6) is 0 Å². The van der Waals surface area contributed by atoms with E-state index < -0.39 is 11.8 Å². The molecule has 0 amide bonds. The fourth-order valence-electron chi connectivity index (χ4n) is 2.33. The zero-order valence-electron chi connectivity index (χ0n) is 13.2. The fraction of sp³-hybridized carbons (Fsp3) is 0.294. The Morgan fingerprint density at radius 1 is 1.35 bits per heavy atom. The van der Waals surface area contributed by atoms with Crippen molar-refractivity contribution in [2.45, 2.75) is 27.2 Å². The molecule has 0 spiro atoms. The van der Waals surface area contributed by atoms with Crippen molar-refractivity contribution >= 4 is 18.0 Å². The molecule has 0 N–H and O–H groups in total. The molecule has 6 heteroatoms. The zero-order valence-corrected chi connectivity index (χ0v) is 13.2. The van der Waals surface area contributed by atoms with Gasteiger partial charge in [-0.1, -0.05) is 6.92 Å². The number of carbonyl (C=O) groups is 3. The van der Waals surface area contributed by atoms with Crippen molar-refractivity contribution in [3.05, 3.63) is 52.2 Å². The number of furan rings is 1. The van der Waals surface area contributed by atoms with Crippen molar-refractivity contribution < 1.29 is 23.5 Å². The van der Waals surface area contributed by atoms with Gasteiger partial charge in [-0.3, -0.25) is 14.6 Å². The third kappa shape index (κ3) is 3.06. The Morgan fingerprint density at radius 3 is 2.70 bits per heavy atom. The summed E-state index contributed by atoms with van der Waals surface area (Å²) in [6.07, 6.45) is 2.38. The average Bonchev–Trinajstić information content (AvgIpc) is 2.91. The van der Waals surface area contributed by atoms with Crippen molar-refractivity contribution in [1.29, 1.82) is 0 Å². The second kappa shape index (κ2) is 7.00. The lowest BCUT2D eigenvalue weighted by Gasteiger charge is -2.02. The van der Waals surface area contributed by atoms with Crippen LogP contribution < -0.4 is 0 Å². The molecule has 0 fully saturated rings. The van der Waals surface area contributed by atoms with Gasteiger partial charge in [0.2, 0.25) is 5.78 Å². The minimum absolute atomic E-state index is 0.0287. The van der Waals surface area contributed by atoms with Gasteiger partial charge in [-0.2, -0.15) is 0 Å². The summed E-state index contributed by atoms with van der Waals surface area (Å²) in [5.41, 5.74) is 0.849. The number of ketones is 1. The Labute approximate surface area is 133 Å². The smallest absolute Gasteiger partial charge is 0.341 e. The van der Waals surface area contributed by atoms with Crippen molar-refractivity contribution in [3.63, 3.8) is 0 Å². The van der Waals surface area contributed by atoms with E-state index in [2.05, 4.69) is 4.98 Å². The molecule has 23 heavy (non-hydrogen) atoms. The standard InChI is InChI=1S/C17H17NO5/c1-4-13-14(17(21)22-5-2)10(3)16(23-13)15(20)11-7-6-8-18-12(11)9-19/h6-9H,4-5H2,1-3H3. The van der Waals surface area contributed by atoms with E-state index in [0.29, 0.717) is 24.0 Å². The van der Waals surface area contributed by atoms with E-state index in [4.69, 9.17) is 9.15 Å². The number of aldehydes is 1. The number of esters is 1. The third-order valence-electron chi connectivity index (χ3n) is 3.42. The molecule has 0 radical (unpaired) electrons. The number of aromatic nitrogens is 1. The van der Waals surface area contributed by atoms with Crippen LogP contribution in [0.15, 0.2) is 22.7 Å². The number of hydrogen-bond acceptors (Lipinski definition) is 6. The largest absolute Gasteiger partial charge is 0.462 e. The Morgan fingerprint density at radius 2 is 2.09 bits per heavy atom. The number of rotatable bonds is 6. The lowest BCUT2D eigenvalue weighted by molar-refractivity contribution is 0.0523. The highest BCUT2D eigenvalue weighted by molar-refractivity contribution is 6.12. The van der Waals surface area contributed by atoms with Crippen LogP contribution in [-0.2, 0) is 11.2 Å². The maximum Gasteiger partial charge on any atom is 0.341 e. The highest BCUT2D eigenvalue weighted by atomic mass is 16.5. The van der Waals surface area contributed by atoms with Crippen molar-refractivity contribution in [2.24, 2.45) is 0 Å². The second-order valence-electron chi connectivity index (χ2n) is 4.81. The Hall–Kier alpha value is -2.76. The number of aryl methyl sites for hydroxylation is 1. The molecule has 2 heterocycles. The average molecular weight is 315 g/mol. The summed E-state index contributed by atoms with van der Waals surface area (Å²) in [5, 5.41) is 0. The van der Waals surface area contributed by atoms with Crippen LogP contribution in [0, 0.1) is 6.92 Å². The van der Waals surface area contributed by atoms with E-state index in [0.717, 1.165) is 0 Å². The molecule has 0 aliphatic heterocycles. The molecule has 0 saturated heterocycles. The number of ether oxygens (including phenoxy) is 1. The van der Waals surface area contributed by atoms with Gasteiger partial charge in [0.1, 0.15) is 17.0 Å². The number of carbonyl (C=O) groups excluding carboxylic acids is 3. The molecular weight excluding hydrogens is 298 g/mol. The molecule has 0 aliphatic rings. The quantitative estimate of drug-likeness (QED) is 0.463. The van der Waals surface area contributed by atoms with Gasteiger partial charge in [-0.05, 0) is 26.0 Å². The fourth-order valence-corrected chi connectivity index (χ4v) is 2.33. The molecule has 0 unspecified atom stereocenters. The molecule has 0 bridgehead atoms. The molecule has 0 aromatic carbocycles. The summed E-state index contributed by atoms with van der Waals surface area (Å²) < 4.78 is 10.6. The molecule has 0 aliphatic carbocycles. The highest BCUT2D eigenvalue weighted by Gasteiger charge is 2.28. The van der Waals surface area contributed by atoms with E-state index in [9.17, 15) is 14.4 Å². The van der Waals surface area contributed by atoms with Crippen molar-refractivity contribution in [3.8, 4) is 0 Å². The molecule has 2 aromatic heterocycles. The van der Waals surface area contributed by atoms with Crippen LogP contribution in [-0.4, -0.2) is 29.6 Å². The van der Waals surface area contributed by atoms with Gasteiger partial charge in [0.15, 0.2) is 12.0 Å². The molecule has 0 saturated carbocycles. The number of hydrogen-bond donors (Lipinski definition) is 0. The van der Waals surface area contributed by atoms with Gasteiger partial charge in [0.05, 0.1) is 12.2 Å². The molecular formula is C17H17NO5. The lowest BCUT2D eigenvalue weighted by Crippen LogP contribution is -2.09. The van der Waals surface area contributed by atoms with Crippen LogP contribution in [0.4, 0.5) is 0 Å². The first-order chi connectivity index (χ1) is 11.0. The number of nitrogens with zero attached hydrogens (tertiary/aromatic N) is 1. The summed E-state index contributed by atoms with van der Waals surface area (Å²) in [6, 6.07) is 3.06. The summed E-state index contributed by atoms with van der Waals surface area (Å²) in [5.74, 6) is -0.587. The Bertz CT molecular complexity index is 760. The van der Waals surface area contributed by atoms with Crippen molar-refractivity contribution in [1.82, 2.24) is 4.98 Å². The zero-order chi connectivity index (χ0) is 17.0. The monoisotopic (exact) mass is 315 g/mol. The maximum atomic E-state index is 12.7. The summed E-state index contributed by atoms with van der Waals surface area (Å²) in [4.78, 5) is 39.7. The van der Waals surface area contributed by atoms with Crippen LogP contribution in [0.25, 0.3) is 0 Å². The SMILES string of the molecule is CCOC(=O)c1c(CC)oc(C(=O)c2cccnc2C=O)c1C. The van der Waals surface area contributed by atoms with Crippen molar-refractivity contribution in [2.75, 3.05) is 6.61 Å². The van der Waals surface area contributed by atoms with E-state index >= 15 is 0 Å². The van der Waals surface area contributed by atoms with E-state index in [1.54, 1.807) is 19.9 Å². The van der Waals surface area contributed by atoms with Gasteiger partial charge in [-0.15, -0.1) is 0 Å². The second-order valence-corrected chi connectivity index (χ2v) is 4.81. The van der Waals surface area contributed by atoms with Crippen LogP contribution in [0.1, 0.15) is 62.1 Å². The van der Waals surface area contributed by atoms with Gasteiger partial charge in [-0.25, -0.2) is 4.79 Å². The molecule has 120 valence electrons. The maximum absolute atomic E-state index is 12.7. The third-order valence-corrected chi connectivity index (χ3v) is 3.42.